The van der Waals surface area contributed by atoms with Gasteiger partial charge in [-0.1, -0.05) is 24.3 Å². The van der Waals surface area contributed by atoms with E-state index in [9.17, 15) is 0 Å². The van der Waals surface area contributed by atoms with Crippen LogP contribution in [0.15, 0.2) is 42.7 Å². The smallest absolute Gasteiger partial charge is 0.0489 e. The molecule has 3 nitrogen and oxygen atoms in total. The Kier molecular flexibility index (Phi) is 3.94. The first kappa shape index (κ1) is 12.4. The highest BCUT2D eigenvalue weighted by molar-refractivity contribution is 5.29. The van der Waals surface area contributed by atoms with Crippen molar-refractivity contribution in [2.75, 3.05) is 6.54 Å². The Hall–Kier alpha value is -1.61. The van der Waals surface area contributed by atoms with E-state index in [1.54, 1.807) is 0 Å². The Bertz CT molecular complexity index is 500. The maximum atomic E-state index is 4.20. The van der Waals surface area contributed by atoms with Crippen molar-refractivity contribution in [1.82, 2.24) is 15.1 Å². The van der Waals surface area contributed by atoms with E-state index in [-0.39, 0.29) is 0 Å². The fraction of sp³-hybridized carbons (Fsp3) is 0.438. The third kappa shape index (κ3) is 3.67. The third-order valence-corrected chi connectivity index (χ3v) is 3.63. The van der Waals surface area contributed by atoms with Crippen LogP contribution in [0, 0.1) is 0 Å². The molecule has 0 aliphatic heterocycles. The maximum Gasteiger partial charge on any atom is 0.0489 e. The topological polar surface area (TPSA) is 29.9 Å². The molecule has 1 N–H and O–H groups in total. The summed E-state index contributed by atoms with van der Waals surface area (Å²) in [4.78, 5) is 0. The molecule has 1 fully saturated rings. The lowest BCUT2D eigenvalue weighted by atomic mass is 10.1. The second-order valence-corrected chi connectivity index (χ2v) is 5.32. The van der Waals surface area contributed by atoms with Crippen molar-refractivity contribution < 1.29 is 0 Å². The minimum Gasteiger partial charge on any atom is -0.313 e. The molecule has 1 aliphatic carbocycles. The Labute approximate surface area is 114 Å². The molecule has 0 atom stereocenters. The highest BCUT2D eigenvalue weighted by Crippen LogP contribution is 2.40. The van der Waals surface area contributed by atoms with Gasteiger partial charge in [0.05, 0.1) is 0 Å². The quantitative estimate of drug-likeness (QED) is 0.771. The van der Waals surface area contributed by atoms with Crippen LogP contribution in [0.3, 0.4) is 0 Å². The second kappa shape index (κ2) is 6.02. The van der Waals surface area contributed by atoms with Gasteiger partial charge in [0.1, 0.15) is 0 Å². The zero-order valence-electron chi connectivity index (χ0n) is 11.3. The standard InChI is InChI=1S/C16H21N3/c1-4-14(12-16(5-1)15-6-7-15)13-17-8-2-10-19-11-3-9-18-19/h1,3-5,9,11-12,15,17H,2,6-8,10,13H2. The molecule has 1 aliphatic rings. The molecule has 0 amide bonds. The zero-order chi connectivity index (χ0) is 12.9. The van der Waals surface area contributed by atoms with Crippen LogP contribution in [0.1, 0.15) is 36.3 Å². The lowest BCUT2D eigenvalue weighted by Crippen LogP contribution is -2.16. The second-order valence-electron chi connectivity index (χ2n) is 5.32. The number of hydrogen-bond donors (Lipinski definition) is 1. The van der Waals surface area contributed by atoms with Gasteiger partial charge in [-0.25, -0.2) is 0 Å². The summed E-state index contributed by atoms with van der Waals surface area (Å²) in [6, 6.07) is 11.0. The minimum absolute atomic E-state index is 0.847. The van der Waals surface area contributed by atoms with Crippen LogP contribution in [0.5, 0.6) is 0 Å². The van der Waals surface area contributed by atoms with Gasteiger partial charge >= 0.3 is 0 Å². The van der Waals surface area contributed by atoms with Crippen LogP contribution in [-0.2, 0) is 13.1 Å². The van der Waals surface area contributed by atoms with Crippen molar-refractivity contribution in [3.63, 3.8) is 0 Å². The van der Waals surface area contributed by atoms with Gasteiger partial charge in [-0.3, -0.25) is 4.68 Å². The van der Waals surface area contributed by atoms with E-state index in [0.29, 0.717) is 0 Å². The Morgan fingerprint density at radius 1 is 1.26 bits per heavy atom. The summed E-state index contributed by atoms with van der Waals surface area (Å²) in [6.07, 6.45) is 7.71. The van der Waals surface area contributed by atoms with Gasteiger partial charge in [-0.2, -0.15) is 5.10 Å². The molecule has 0 spiro atoms. The van der Waals surface area contributed by atoms with Crippen LogP contribution in [-0.4, -0.2) is 16.3 Å². The van der Waals surface area contributed by atoms with Crippen LogP contribution in [0.4, 0.5) is 0 Å². The Morgan fingerprint density at radius 3 is 3.00 bits per heavy atom. The zero-order valence-corrected chi connectivity index (χ0v) is 11.3. The van der Waals surface area contributed by atoms with Crippen LogP contribution in [0.2, 0.25) is 0 Å². The van der Waals surface area contributed by atoms with Crippen molar-refractivity contribution in [1.29, 1.82) is 0 Å². The highest BCUT2D eigenvalue weighted by Gasteiger charge is 2.23. The monoisotopic (exact) mass is 255 g/mol. The number of benzene rings is 1. The average molecular weight is 255 g/mol. The lowest BCUT2D eigenvalue weighted by Gasteiger charge is -2.07. The van der Waals surface area contributed by atoms with E-state index in [1.165, 1.54) is 24.0 Å². The molecule has 1 saturated carbocycles. The normalized spacial score (nSPS) is 14.7. The molecule has 0 saturated heterocycles. The van der Waals surface area contributed by atoms with E-state index >= 15 is 0 Å². The summed E-state index contributed by atoms with van der Waals surface area (Å²) in [6.45, 7) is 3.00. The Morgan fingerprint density at radius 2 is 2.21 bits per heavy atom. The largest absolute Gasteiger partial charge is 0.313 e. The molecule has 2 aromatic rings. The molecule has 1 aromatic heterocycles. The fourth-order valence-electron chi connectivity index (χ4n) is 2.41. The molecule has 0 unspecified atom stereocenters. The maximum absolute atomic E-state index is 4.20. The van der Waals surface area contributed by atoms with Gasteiger partial charge in [0.25, 0.3) is 0 Å². The van der Waals surface area contributed by atoms with Crippen molar-refractivity contribution in [2.45, 2.75) is 38.3 Å². The molecular formula is C16H21N3. The lowest BCUT2D eigenvalue weighted by molar-refractivity contribution is 0.543. The first-order chi connectivity index (χ1) is 9.42. The van der Waals surface area contributed by atoms with Crippen LogP contribution >= 0.6 is 0 Å². The summed E-state index contributed by atoms with van der Waals surface area (Å²) in [5.74, 6) is 0.847. The summed E-state index contributed by atoms with van der Waals surface area (Å²) >= 11 is 0. The highest BCUT2D eigenvalue weighted by atomic mass is 15.3. The fourth-order valence-corrected chi connectivity index (χ4v) is 2.41. The van der Waals surface area contributed by atoms with E-state index in [2.05, 4.69) is 34.7 Å². The van der Waals surface area contributed by atoms with Gasteiger partial charge in [-0.05, 0) is 48.9 Å². The predicted octanol–water partition coefficient (Wildman–Crippen LogP) is 2.94. The predicted molar refractivity (Wildman–Crippen MR) is 77.0 cm³/mol. The first-order valence-electron chi connectivity index (χ1n) is 7.19. The molecule has 1 heterocycles. The van der Waals surface area contributed by atoms with Crippen LogP contribution in [0.25, 0.3) is 0 Å². The van der Waals surface area contributed by atoms with Crippen LogP contribution < -0.4 is 5.32 Å². The number of nitrogens with zero attached hydrogens (tertiary/aromatic N) is 2. The van der Waals surface area contributed by atoms with Gasteiger partial charge in [0.2, 0.25) is 0 Å². The molecule has 1 aromatic carbocycles. The van der Waals surface area contributed by atoms with Gasteiger partial charge in [-0.15, -0.1) is 0 Å². The molecule has 0 radical (unpaired) electrons. The van der Waals surface area contributed by atoms with Gasteiger partial charge in [0, 0.05) is 25.5 Å². The molecule has 0 bridgehead atoms. The van der Waals surface area contributed by atoms with Crippen molar-refractivity contribution in [3.05, 3.63) is 53.9 Å². The number of aryl methyl sites for hydroxylation is 1. The molecule has 100 valence electrons. The van der Waals surface area contributed by atoms with E-state index in [4.69, 9.17) is 0 Å². The summed E-state index contributed by atoms with van der Waals surface area (Å²) < 4.78 is 1.98. The number of aromatic nitrogens is 2. The Balaban J connectivity index is 1.38. The van der Waals surface area contributed by atoms with E-state index < -0.39 is 0 Å². The van der Waals surface area contributed by atoms with Crippen molar-refractivity contribution in [2.24, 2.45) is 0 Å². The number of rotatable bonds is 7. The van der Waals surface area contributed by atoms with E-state index in [1.807, 2.05) is 23.1 Å². The van der Waals surface area contributed by atoms with Crippen molar-refractivity contribution >= 4 is 0 Å². The SMILES string of the molecule is c1cc(CNCCCn2cccn2)cc(C2CC2)c1. The average Bonchev–Trinajstić information content (AvgIpc) is 3.17. The summed E-state index contributed by atoms with van der Waals surface area (Å²) in [5.41, 5.74) is 2.93. The molecule has 3 heteroatoms. The molecule has 3 rings (SSSR count). The summed E-state index contributed by atoms with van der Waals surface area (Å²) in [5, 5.41) is 7.71. The first-order valence-corrected chi connectivity index (χ1v) is 7.19. The molecule has 19 heavy (non-hydrogen) atoms. The van der Waals surface area contributed by atoms with Gasteiger partial charge < -0.3 is 5.32 Å². The third-order valence-electron chi connectivity index (χ3n) is 3.63. The van der Waals surface area contributed by atoms with Crippen molar-refractivity contribution in [3.8, 4) is 0 Å². The number of hydrogen-bond acceptors (Lipinski definition) is 2. The summed E-state index contributed by atoms with van der Waals surface area (Å²) in [7, 11) is 0. The molecular weight excluding hydrogens is 234 g/mol. The number of nitrogens with one attached hydrogen (secondary N) is 1. The minimum atomic E-state index is 0.847. The van der Waals surface area contributed by atoms with Gasteiger partial charge in [0.15, 0.2) is 0 Å². The van der Waals surface area contributed by atoms with E-state index in [0.717, 1.165) is 32.0 Å².